The molecule has 0 saturated heterocycles. The normalized spacial score (nSPS) is 14.9. The van der Waals surface area contributed by atoms with Gasteiger partial charge in [0.2, 0.25) is 0 Å². The smallest absolute Gasteiger partial charge is 0.0199 e. The summed E-state index contributed by atoms with van der Waals surface area (Å²) in [4.78, 5) is 1.35. The third-order valence-electron chi connectivity index (χ3n) is 4.25. The lowest BCUT2D eigenvalue weighted by atomic mass is 10.0. The first-order valence-electron chi connectivity index (χ1n) is 7.81. The fourth-order valence-electron chi connectivity index (χ4n) is 2.99. The average molecular weight is 297 g/mol. The molecule has 0 spiro atoms. The number of aryl methyl sites for hydroxylation is 2. The fraction of sp³-hybridized carbons (Fsp3) is 0.368. The Kier molecular flexibility index (Phi) is 5.00. The molecule has 110 valence electrons. The Morgan fingerprint density at radius 3 is 2.67 bits per heavy atom. The molecule has 0 aliphatic heterocycles. The number of nitrogens with one attached hydrogen (secondary N) is 1. The molecule has 0 bridgehead atoms. The zero-order valence-corrected chi connectivity index (χ0v) is 13.5. The van der Waals surface area contributed by atoms with Gasteiger partial charge in [0.05, 0.1) is 0 Å². The summed E-state index contributed by atoms with van der Waals surface area (Å²) in [5.41, 5.74) is 4.63. The lowest BCUT2D eigenvalue weighted by Crippen LogP contribution is -2.30. The van der Waals surface area contributed by atoms with Crippen LogP contribution in [0.3, 0.4) is 0 Å². The van der Waals surface area contributed by atoms with Gasteiger partial charge in [-0.1, -0.05) is 36.4 Å². The second-order valence-electron chi connectivity index (χ2n) is 5.77. The summed E-state index contributed by atoms with van der Waals surface area (Å²) < 4.78 is 0. The van der Waals surface area contributed by atoms with Gasteiger partial charge in [0.25, 0.3) is 0 Å². The molecule has 3 rings (SSSR count). The lowest BCUT2D eigenvalue weighted by molar-refractivity contribution is 0.617. The van der Waals surface area contributed by atoms with Crippen molar-refractivity contribution in [3.8, 4) is 0 Å². The van der Waals surface area contributed by atoms with Crippen LogP contribution in [0.1, 0.15) is 23.1 Å². The highest BCUT2D eigenvalue weighted by molar-refractivity contribution is 7.99. The van der Waals surface area contributed by atoms with Crippen molar-refractivity contribution in [2.75, 3.05) is 12.8 Å². The van der Waals surface area contributed by atoms with Gasteiger partial charge >= 0.3 is 0 Å². The van der Waals surface area contributed by atoms with E-state index in [2.05, 4.69) is 60.9 Å². The molecule has 1 unspecified atom stereocenters. The third kappa shape index (κ3) is 3.90. The standard InChI is InChI=1S/C19H23NS/c1-20-18(14-21-19-8-3-2-4-9-19)13-15-10-11-16-6-5-7-17(16)12-15/h2-4,8-12,18,20H,5-7,13-14H2,1H3. The minimum Gasteiger partial charge on any atom is -0.316 e. The molecule has 1 nitrogen and oxygen atoms in total. The van der Waals surface area contributed by atoms with Gasteiger partial charge in [-0.05, 0) is 61.6 Å². The summed E-state index contributed by atoms with van der Waals surface area (Å²) in [6.07, 6.45) is 4.99. The van der Waals surface area contributed by atoms with Crippen LogP contribution >= 0.6 is 11.8 Å². The number of rotatable bonds is 6. The summed E-state index contributed by atoms with van der Waals surface area (Å²) >= 11 is 1.94. The van der Waals surface area contributed by atoms with E-state index in [4.69, 9.17) is 0 Å². The molecule has 1 N–H and O–H groups in total. The van der Waals surface area contributed by atoms with E-state index in [1.165, 1.54) is 29.7 Å². The van der Waals surface area contributed by atoms with Gasteiger partial charge in [0, 0.05) is 16.7 Å². The van der Waals surface area contributed by atoms with E-state index in [0.717, 1.165) is 12.2 Å². The second kappa shape index (κ2) is 7.15. The average Bonchev–Trinajstić information content (AvgIpc) is 3.00. The molecule has 0 radical (unpaired) electrons. The predicted octanol–water partition coefficient (Wildman–Crippen LogP) is 4.10. The molecule has 1 aliphatic rings. The number of fused-ring (bicyclic) bond motifs is 1. The topological polar surface area (TPSA) is 12.0 Å². The van der Waals surface area contributed by atoms with Crippen LogP contribution in [0.25, 0.3) is 0 Å². The van der Waals surface area contributed by atoms with Gasteiger partial charge in [-0.15, -0.1) is 11.8 Å². The van der Waals surface area contributed by atoms with E-state index < -0.39 is 0 Å². The van der Waals surface area contributed by atoms with E-state index in [-0.39, 0.29) is 0 Å². The zero-order chi connectivity index (χ0) is 14.5. The summed E-state index contributed by atoms with van der Waals surface area (Å²) in [5.74, 6) is 1.11. The van der Waals surface area contributed by atoms with Crippen molar-refractivity contribution in [1.29, 1.82) is 0 Å². The molecule has 0 amide bonds. The van der Waals surface area contributed by atoms with Crippen LogP contribution in [0.5, 0.6) is 0 Å². The van der Waals surface area contributed by atoms with Crippen molar-refractivity contribution in [3.63, 3.8) is 0 Å². The number of likely N-dealkylation sites (N-methyl/N-ethyl adjacent to an activating group) is 1. The summed E-state index contributed by atoms with van der Waals surface area (Å²) in [6.45, 7) is 0. The number of hydrogen-bond donors (Lipinski definition) is 1. The Labute approximate surface area is 132 Å². The summed E-state index contributed by atoms with van der Waals surface area (Å²) in [6, 6.07) is 18.3. The van der Waals surface area contributed by atoms with Crippen LogP contribution in [0.2, 0.25) is 0 Å². The van der Waals surface area contributed by atoms with Crippen LogP contribution in [0.4, 0.5) is 0 Å². The Bertz CT molecular complexity index is 579. The monoisotopic (exact) mass is 297 g/mol. The SMILES string of the molecule is CNC(CSc1ccccc1)Cc1ccc2c(c1)CCC2. The van der Waals surface area contributed by atoms with E-state index >= 15 is 0 Å². The molecule has 0 heterocycles. The first-order valence-corrected chi connectivity index (χ1v) is 8.79. The van der Waals surface area contributed by atoms with Gasteiger partial charge in [-0.25, -0.2) is 0 Å². The van der Waals surface area contributed by atoms with Crippen LogP contribution in [-0.4, -0.2) is 18.8 Å². The van der Waals surface area contributed by atoms with Crippen molar-refractivity contribution in [3.05, 3.63) is 65.2 Å². The highest BCUT2D eigenvalue weighted by Gasteiger charge is 2.13. The quantitative estimate of drug-likeness (QED) is 0.806. The molecule has 1 aliphatic carbocycles. The van der Waals surface area contributed by atoms with Gasteiger partial charge < -0.3 is 5.32 Å². The maximum atomic E-state index is 3.47. The number of hydrogen-bond acceptors (Lipinski definition) is 2. The Hall–Kier alpha value is -1.25. The Morgan fingerprint density at radius 2 is 1.86 bits per heavy atom. The highest BCUT2D eigenvalue weighted by atomic mass is 32.2. The first-order chi connectivity index (χ1) is 10.3. The van der Waals surface area contributed by atoms with Crippen LogP contribution in [-0.2, 0) is 19.3 Å². The molecule has 2 aromatic rings. The molecule has 0 saturated carbocycles. The van der Waals surface area contributed by atoms with Crippen LogP contribution in [0, 0.1) is 0 Å². The predicted molar refractivity (Wildman–Crippen MR) is 92.2 cm³/mol. The molecular formula is C19H23NS. The molecule has 0 aromatic heterocycles. The van der Waals surface area contributed by atoms with Crippen molar-refractivity contribution < 1.29 is 0 Å². The highest BCUT2D eigenvalue weighted by Crippen LogP contribution is 2.24. The number of benzene rings is 2. The Balaban J connectivity index is 1.59. The molecule has 0 fully saturated rings. The lowest BCUT2D eigenvalue weighted by Gasteiger charge is -2.16. The minimum absolute atomic E-state index is 0.523. The Morgan fingerprint density at radius 1 is 1.05 bits per heavy atom. The van der Waals surface area contributed by atoms with Gasteiger partial charge in [0.15, 0.2) is 0 Å². The van der Waals surface area contributed by atoms with Crippen molar-refractivity contribution >= 4 is 11.8 Å². The van der Waals surface area contributed by atoms with E-state index in [1.54, 1.807) is 11.1 Å². The van der Waals surface area contributed by atoms with Crippen LogP contribution < -0.4 is 5.32 Å². The third-order valence-corrected chi connectivity index (χ3v) is 5.42. The largest absolute Gasteiger partial charge is 0.316 e. The van der Waals surface area contributed by atoms with Crippen molar-refractivity contribution in [2.45, 2.75) is 36.6 Å². The van der Waals surface area contributed by atoms with E-state index in [0.29, 0.717) is 6.04 Å². The van der Waals surface area contributed by atoms with E-state index in [1.807, 2.05) is 11.8 Å². The fourth-order valence-corrected chi connectivity index (χ4v) is 4.02. The zero-order valence-electron chi connectivity index (χ0n) is 12.6. The second-order valence-corrected chi connectivity index (χ2v) is 6.86. The van der Waals surface area contributed by atoms with Crippen molar-refractivity contribution in [2.24, 2.45) is 0 Å². The maximum Gasteiger partial charge on any atom is 0.0199 e. The minimum atomic E-state index is 0.523. The maximum absolute atomic E-state index is 3.47. The molecule has 2 heteroatoms. The molecule has 21 heavy (non-hydrogen) atoms. The molecular weight excluding hydrogens is 274 g/mol. The van der Waals surface area contributed by atoms with Gasteiger partial charge in [0.1, 0.15) is 0 Å². The number of thioether (sulfide) groups is 1. The van der Waals surface area contributed by atoms with Gasteiger partial charge in [-0.2, -0.15) is 0 Å². The molecule has 1 atom stereocenters. The van der Waals surface area contributed by atoms with Crippen LogP contribution in [0.15, 0.2) is 53.4 Å². The molecule has 2 aromatic carbocycles. The van der Waals surface area contributed by atoms with E-state index in [9.17, 15) is 0 Å². The van der Waals surface area contributed by atoms with Gasteiger partial charge in [-0.3, -0.25) is 0 Å². The van der Waals surface area contributed by atoms with Crippen molar-refractivity contribution in [1.82, 2.24) is 5.32 Å². The first kappa shape index (κ1) is 14.7. The summed E-state index contributed by atoms with van der Waals surface area (Å²) in [5, 5.41) is 3.47. The summed E-state index contributed by atoms with van der Waals surface area (Å²) in [7, 11) is 2.07.